The third-order valence-electron chi connectivity index (χ3n) is 3.67. The van der Waals surface area contributed by atoms with E-state index in [0.717, 1.165) is 37.6 Å². The van der Waals surface area contributed by atoms with Crippen molar-refractivity contribution >= 4 is 5.97 Å². The molecular formula is C17H18N4O4. The minimum Gasteiger partial charge on any atom is -0.484 e. The molecule has 0 fully saturated rings. The molecule has 0 saturated carbocycles. The van der Waals surface area contributed by atoms with Crippen LogP contribution in [0.5, 0.6) is 5.75 Å². The van der Waals surface area contributed by atoms with Gasteiger partial charge in [-0.05, 0) is 43.4 Å². The molecule has 0 aliphatic heterocycles. The molecule has 0 spiro atoms. The summed E-state index contributed by atoms with van der Waals surface area (Å²) < 4.78 is 10.6. The van der Waals surface area contributed by atoms with Crippen molar-refractivity contribution in [3.8, 4) is 5.75 Å². The van der Waals surface area contributed by atoms with Gasteiger partial charge in [-0.3, -0.25) is 0 Å². The fourth-order valence-electron chi connectivity index (χ4n) is 2.35. The number of nitrogens with zero attached hydrogens (tertiary/aromatic N) is 3. The zero-order chi connectivity index (χ0) is 17.5. The Labute approximate surface area is 143 Å². The van der Waals surface area contributed by atoms with E-state index >= 15 is 0 Å². The van der Waals surface area contributed by atoms with Crippen molar-refractivity contribution in [2.45, 2.75) is 32.3 Å². The number of aromatic amines is 1. The first-order valence-electron chi connectivity index (χ1n) is 7.95. The van der Waals surface area contributed by atoms with Crippen LogP contribution in [0.4, 0.5) is 0 Å². The van der Waals surface area contributed by atoms with Gasteiger partial charge in [-0.15, -0.1) is 0 Å². The van der Waals surface area contributed by atoms with E-state index < -0.39 is 5.97 Å². The normalized spacial score (nSPS) is 10.7. The molecule has 8 nitrogen and oxygen atoms in total. The largest absolute Gasteiger partial charge is 0.484 e. The lowest BCUT2D eigenvalue weighted by molar-refractivity contribution is 0.0690. The first kappa shape index (κ1) is 16.7. The number of carbonyl (C=O) groups is 1. The van der Waals surface area contributed by atoms with E-state index in [9.17, 15) is 4.79 Å². The first-order chi connectivity index (χ1) is 12.2. The molecule has 0 saturated heterocycles. The Morgan fingerprint density at radius 1 is 1.20 bits per heavy atom. The van der Waals surface area contributed by atoms with E-state index in [1.54, 1.807) is 6.20 Å². The Kier molecular flexibility index (Phi) is 5.40. The van der Waals surface area contributed by atoms with Gasteiger partial charge >= 0.3 is 5.97 Å². The Morgan fingerprint density at radius 3 is 2.68 bits per heavy atom. The lowest BCUT2D eigenvalue weighted by atomic mass is 10.1. The smallest absolute Gasteiger partial charge is 0.357 e. The molecule has 2 N–H and O–H groups in total. The summed E-state index contributed by atoms with van der Waals surface area (Å²) in [6.07, 6.45) is 6.89. The van der Waals surface area contributed by atoms with E-state index in [-0.39, 0.29) is 18.2 Å². The van der Waals surface area contributed by atoms with E-state index in [0.29, 0.717) is 5.75 Å². The van der Waals surface area contributed by atoms with Crippen molar-refractivity contribution in [1.82, 2.24) is 20.4 Å². The molecule has 25 heavy (non-hydrogen) atoms. The number of carboxylic acids is 1. The van der Waals surface area contributed by atoms with Crippen LogP contribution < -0.4 is 4.74 Å². The fraction of sp³-hybridized carbons (Fsp3) is 0.294. The van der Waals surface area contributed by atoms with Crippen LogP contribution in [0.3, 0.4) is 0 Å². The van der Waals surface area contributed by atoms with Gasteiger partial charge in [0.1, 0.15) is 12.0 Å². The predicted octanol–water partition coefficient (Wildman–Crippen LogP) is 2.64. The second-order valence-electron chi connectivity index (χ2n) is 5.53. The van der Waals surface area contributed by atoms with E-state index in [2.05, 4.69) is 20.4 Å². The average molecular weight is 342 g/mol. The fourth-order valence-corrected chi connectivity index (χ4v) is 2.35. The zero-order valence-corrected chi connectivity index (χ0v) is 13.5. The van der Waals surface area contributed by atoms with Crippen molar-refractivity contribution in [3.63, 3.8) is 0 Å². The molecule has 0 radical (unpaired) electrons. The SMILES string of the molecule is O=C(O)c1coc(COc2ccc(CCCCc3cn[nH]n3)cc2)n1. The minimum absolute atomic E-state index is 0.0876. The van der Waals surface area contributed by atoms with Crippen LogP contribution >= 0.6 is 0 Å². The van der Waals surface area contributed by atoms with Gasteiger partial charge in [0.15, 0.2) is 12.3 Å². The van der Waals surface area contributed by atoms with Gasteiger partial charge in [-0.25, -0.2) is 9.78 Å². The summed E-state index contributed by atoms with van der Waals surface area (Å²) in [5.41, 5.74) is 2.10. The number of benzene rings is 1. The lowest BCUT2D eigenvalue weighted by Crippen LogP contribution is -1.99. The first-order valence-corrected chi connectivity index (χ1v) is 7.95. The van der Waals surface area contributed by atoms with E-state index in [4.69, 9.17) is 14.3 Å². The molecule has 8 heteroatoms. The van der Waals surface area contributed by atoms with Crippen molar-refractivity contribution in [1.29, 1.82) is 0 Å². The van der Waals surface area contributed by atoms with Crippen LogP contribution in [0, 0.1) is 0 Å². The third-order valence-corrected chi connectivity index (χ3v) is 3.67. The average Bonchev–Trinajstić information content (AvgIpc) is 3.30. The highest BCUT2D eigenvalue weighted by molar-refractivity contribution is 5.84. The molecule has 0 unspecified atom stereocenters. The molecule has 0 aliphatic carbocycles. The van der Waals surface area contributed by atoms with E-state index in [1.807, 2.05) is 24.3 Å². The Hall–Kier alpha value is -3.16. The molecular weight excluding hydrogens is 324 g/mol. The highest BCUT2D eigenvalue weighted by Gasteiger charge is 2.10. The number of oxazole rings is 1. The third kappa shape index (κ3) is 4.90. The summed E-state index contributed by atoms with van der Waals surface area (Å²) in [5.74, 6) is -0.210. The summed E-state index contributed by atoms with van der Waals surface area (Å²) in [6.45, 7) is 0.0876. The van der Waals surface area contributed by atoms with Crippen LogP contribution in [0.15, 0.2) is 41.1 Å². The maximum absolute atomic E-state index is 10.7. The molecule has 3 aromatic rings. The number of ether oxygens (including phenoxy) is 1. The number of aryl methyl sites for hydroxylation is 2. The lowest BCUT2D eigenvalue weighted by Gasteiger charge is -2.05. The molecule has 0 aliphatic rings. The summed E-state index contributed by atoms with van der Waals surface area (Å²) in [5, 5.41) is 19.2. The maximum Gasteiger partial charge on any atom is 0.357 e. The zero-order valence-electron chi connectivity index (χ0n) is 13.5. The van der Waals surface area contributed by atoms with E-state index in [1.165, 1.54) is 5.56 Å². The molecule has 0 bridgehead atoms. The van der Waals surface area contributed by atoms with Gasteiger partial charge < -0.3 is 14.3 Å². The summed E-state index contributed by atoms with van der Waals surface area (Å²) in [6, 6.07) is 7.80. The summed E-state index contributed by atoms with van der Waals surface area (Å²) in [7, 11) is 0. The molecule has 0 atom stereocenters. The molecule has 130 valence electrons. The topological polar surface area (TPSA) is 114 Å². The van der Waals surface area contributed by atoms with Gasteiger partial charge in [-0.1, -0.05) is 12.1 Å². The Bertz CT molecular complexity index is 796. The van der Waals surface area contributed by atoms with Crippen LogP contribution in [0.1, 0.15) is 40.5 Å². The standard InChI is InChI=1S/C17H18N4O4/c22-17(23)15-10-25-16(19-15)11-24-14-7-5-12(6-8-14)3-1-2-4-13-9-18-21-20-13/h5-10H,1-4,11H2,(H,22,23)(H,18,20,21). The van der Waals surface area contributed by atoms with Crippen molar-refractivity contribution < 1.29 is 19.1 Å². The Balaban J connectivity index is 1.41. The maximum atomic E-state index is 10.7. The van der Waals surface area contributed by atoms with Crippen LogP contribution in [-0.2, 0) is 19.4 Å². The molecule has 0 amide bonds. The highest BCUT2D eigenvalue weighted by atomic mass is 16.5. The van der Waals surface area contributed by atoms with Crippen LogP contribution in [-0.4, -0.2) is 31.5 Å². The number of nitrogens with one attached hydrogen (secondary N) is 1. The predicted molar refractivity (Wildman–Crippen MR) is 87.3 cm³/mol. The van der Waals surface area contributed by atoms with Crippen molar-refractivity contribution in [2.24, 2.45) is 0 Å². The number of rotatable bonds is 9. The molecule has 2 heterocycles. The van der Waals surface area contributed by atoms with Crippen LogP contribution in [0.2, 0.25) is 0 Å². The minimum atomic E-state index is -1.12. The van der Waals surface area contributed by atoms with Gasteiger partial charge in [0.2, 0.25) is 5.89 Å². The monoisotopic (exact) mass is 342 g/mol. The number of unbranched alkanes of at least 4 members (excludes halogenated alkanes) is 1. The second-order valence-corrected chi connectivity index (χ2v) is 5.53. The highest BCUT2D eigenvalue weighted by Crippen LogP contribution is 2.16. The van der Waals surface area contributed by atoms with Crippen LogP contribution in [0.25, 0.3) is 0 Å². The molecule has 2 aromatic heterocycles. The van der Waals surface area contributed by atoms with Gasteiger partial charge in [0.25, 0.3) is 0 Å². The summed E-state index contributed by atoms with van der Waals surface area (Å²) >= 11 is 0. The van der Waals surface area contributed by atoms with Crippen molar-refractivity contribution in [3.05, 3.63) is 59.6 Å². The second kappa shape index (κ2) is 8.09. The summed E-state index contributed by atoms with van der Waals surface area (Å²) in [4.78, 5) is 14.5. The van der Waals surface area contributed by atoms with Gasteiger partial charge in [-0.2, -0.15) is 15.4 Å². The number of hydrogen-bond donors (Lipinski definition) is 2. The molecule has 1 aromatic carbocycles. The van der Waals surface area contributed by atoms with Gasteiger partial charge in [0, 0.05) is 0 Å². The Morgan fingerprint density at radius 2 is 2.00 bits per heavy atom. The number of hydrogen-bond acceptors (Lipinski definition) is 6. The number of carboxylic acid groups (broad SMARTS) is 1. The van der Waals surface area contributed by atoms with Gasteiger partial charge in [0.05, 0.1) is 11.9 Å². The van der Waals surface area contributed by atoms with Crippen molar-refractivity contribution in [2.75, 3.05) is 0 Å². The number of aromatic carboxylic acids is 1. The molecule has 3 rings (SSSR count). The number of aromatic nitrogens is 4. The number of H-pyrrole nitrogens is 1. The quantitative estimate of drug-likeness (QED) is 0.574.